The minimum atomic E-state index is 0.0193. The number of aromatic nitrogens is 3. The van der Waals surface area contributed by atoms with E-state index in [-0.39, 0.29) is 5.91 Å². The van der Waals surface area contributed by atoms with Crippen LogP contribution >= 0.6 is 0 Å². The molecule has 5 heteroatoms. The van der Waals surface area contributed by atoms with Gasteiger partial charge in [-0.2, -0.15) is 0 Å². The van der Waals surface area contributed by atoms with Gasteiger partial charge in [0.15, 0.2) is 0 Å². The Morgan fingerprint density at radius 3 is 2.57 bits per heavy atom. The zero-order valence-corrected chi connectivity index (χ0v) is 17.0. The number of likely N-dealkylation sites (tertiary alicyclic amines) is 1. The minimum Gasteiger partial charge on any atom is -0.339 e. The van der Waals surface area contributed by atoms with E-state index in [1.54, 1.807) is 6.20 Å². The second-order valence-electron chi connectivity index (χ2n) is 8.12. The van der Waals surface area contributed by atoms with Gasteiger partial charge in [0.25, 0.3) is 5.91 Å². The first-order chi connectivity index (χ1) is 14.7. The van der Waals surface area contributed by atoms with Crippen molar-refractivity contribution in [3.8, 4) is 22.4 Å². The number of benzene rings is 1. The molecule has 0 saturated carbocycles. The Hall–Kier alpha value is -3.47. The monoisotopic (exact) mass is 396 g/mol. The van der Waals surface area contributed by atoms with E-state index in [0.717, 1.165) is 59.3 Å². The van der Waals surface area contributed by atoms with Crippen LogP contribution in [0.2, 0.25) is 0 Å². The van der Waals surface area contributed by atoms with Gasteiger partial charge in [-0.15, -0.1) is 0 Å². The highest BCUT2D eigenvalue weighted by Gasteiger charge is 2.22. The highest BCUT2D eigenvalue weighted by atomic mass is 16.2. The van der Waals surface area contributed by atoms with E-state index in [9.17, 15) is 4.79 Å². The van der Waals surface area contributed by atoms with Crippen LogP contribution in [0, 0.1) is 5.92 Å². The van der Waals surface area contributed by atoms with Crippen molar-refractivity contribution in [3.63, 3.8) is 0 Å². The third-order valence-electron chi connectivity index (χ3n) is 5.94. The molecule has 4 aromatic rings. The summed E-state index contributed by atoms with van der Waals surface area (Å²) in [7, 11) is 0. The van der Waals surface area contributed by atoms with Crippen molar-refractivity contribution in [2.24, 2.45) is 5.92 Å². The maximum Gasteiger partial charge on any atom is 0.272 e. The largest absolute Gasteiger partial charge is 0.339 e. The SMILES string of the molecule is CC1CCN(C(=O)c2cc(-c3cnc4[nH]c(-c5ccccc5)cc4c3)ccn2)CC1. The minimum absolute atomic E-state index is 0.0193. The predicted molar refractivity (Wildman–Crippen MR) is 119 cm³/mol. The Bertz CT molecular complexity index is 1190. The molecule has 30 heavy (non-hydrogen) atoms. The van der Waals surface area contributed by atoms with Gasteiger partial charge in [-0.25, -0.2) is 4.98 Å². The van der Waals surface area contributed by atoms with Crippen LogP contribution in [0.4, 0.5) is 0 Å². The number of nitrogens with one attached hydrogen (secondary N) is 1. The Morgan fingerprint density at radius 1 is 0.967 bits per heavy atom. The van der Waals surface area contributed by atoms with Crippen molar-refractivity contribution >= 4 is 16.9 Å². The molecule has 0 spiro atoms. The highest BCUT2D eigenvalue weighted by molar-refractivity contribution is 5.94. The molecule has 1 aromatic carbocycles. The van der Waals surface area contributed by atoms with Gasteiger partial charge in [0.1, 0.15) is 11.3 Å². The van der Waals surface area contributed by atoms with Crippen molar-refractivity contribution < 1.29 is 4.79 Å². The fourth-order valence-electron chi connectivity index (χ4n) is 4.05. The second-order valence-corrected chi connectivity index (χ2v) is 8.12. The summed E-state index contributed by atoms with van der Waals surface area (Å²) in [6.45, 7) is 3.87. The molecular formula is C25H24N4O. The van der Waals surface area contributed by atoms with Crippen molar-refractivity contribution in [2.75, 3.05) is 13.1 Å². The third kappa shape index (κ3) is 3.59. The number of piperidine rings is 1. The van der Waals surface area contributed by atoms with Crippen molar-refractivity contribution in [2.45, 2.75) is 19.8 Å². The number of carbonyl (C=O) groups excluding carboxylic acids is 1. The third-order valence-corrected chi connectivity index (χ3v) is 5.94. The summed E-state index contributed by atoms with van der Waals surface area (Å²) >= 11 is 0. The van der Waals surface area contributed by atoms with E-state index < -0.39 is 0 Å². The molecule has 1 N–H and O–H groups in total. The maximum absolute atomic E-state index is 12.9. The summed E-state index contributed by atoms with van der Waals surface area (Å²) in [5, 5.41) is 1.04. The number of rotatable bonds is 3. The summed E-state index contributed by atoms with van der Waals surface area (Å²) in [6.07, 6.45) is 5.68. The fourth-order valence-corrected chi connectivity index (χ4v) is 4.05. The number of hydrogen-bond donors (Lipinski definition) is 1. The smallest absolute Gasteiger partial charge is 0.272 e. The fraction of sp³-hybridized carbons (Fsp3) is 0.240. The molecule has 5 nitrogen and oxygen atoms in total. The molecule has 0 radical (unpaired) electrons. The number of amides is 1. The molecular weight excluding hydrogens is 372 g/mol. The molecule has 3 aromatic heterocycles. The van der Waals surface area contributed by atoms with Gasteiger partial charge in [-0.05, 0) is 54.2 Å². The highest BCUT2D eigenvalue weighted by Crippen LogP contribution is 2.27. The van der Waals surface area contributed by atoms with Crippen LogP contribution in [0.1, 0.15) is 30.3 Å². The number of H-pyrrole nitrogens is 1. The lowest BCUT2D eigenvalue weighted by atomic mass is 9.99. The summed E-state index contributed by atoms with van der Waals surface area (Å²) < 4.78 is 0. The molecule has 150 valence electrons. The van der Waals surface area contributed by atoms with E-state index in [1.165, 1.54) is 0 Å². The van der Waals surface area contributed by atoms with Gasteiger partial charge < -0.3 is 9.88 Å². The summed E-state index contributed by atoms with van der Waals surface area (Å²) in [4.78, 5) is 27.2. The topological polar surface area (TPSA) is 61.9 Å². The molecule has 1 amide bonds. The van der Waals surface area contributed by atoms with Crippen LogP contribution in [0.3, 0.4) is 0 Å². The first-order valence-corrected chi connectivity index (χ1v) is 10.5. The number of carbonyl (C=O) groups is 1. The number of pyridine rings is 2. The summed E-state index contributed by atoms with van der Waals surface area (Å²) in [5.41, 5.74) is 5.46. The van der Waals surface area contributed by atoms with E-state index >= 15 is 0 Å². The van der Waals surface area contributed by atoms with E-state index in [4.69, 9.17) is 0 Å². The molecule has 5 rings (SSSR count). The van der Waals surface area contributed by atoms with Gasteiger partial charge >= 0.3 is 0 Å². The molecule has 0 aliphatic carbocycles. The first-order valence-electron chi connectivity index (χ1n) is 10.5. The van der Waals surface area contributed by atoms with Crippen LogP contribution in [0.25, 0.3) is 33.4 Å². The lowest BCUT2D eigenvalue weighted by molar-refractivity contribution is 0.0691. The van der Waals surface area contributed by atoms with Crippen molar-refractivity contribution in [1.82, 2.24) is 19.9 Å². The van der Waals surface area contributed by atoms with Crippen molar-refractivity contribution in [3.05, 3.63) is 72.7 Å². The standard InChI is InChI=1S/C25H24N4O/c1-17-8-11-29(12-9-17)25(30)23-14-19(7-10-26-23)21-13-20-15-22(28-24(20)27-16-21)18-5-3-2-4-6-18/h2-7,10,13-17H,8-9,11-12H2,1H3,(H,27,28). The first kappa shape index (κ1) is 18.6. The van der Waals surface area contributed by atoms with Crippen LogP contribution < -0.4 is 0 Å². The lowest BCUT2D eigenvalue weighted by Gasteiger charge is -2.30. The van der Waals surface area contributed by atoms with Crippen LogP contribution in [-0.2, 0) is 0 Å². The number of fused-ring (bicyclic) bond motifs is 1. The molecule has 0 atom stereocenters. The average molecular weight is 396 g/mol. The molecule has 1 aliphatic rings. The van der Waals surface area contributed by atoms with E-state index in [1.807, 2.05) is 41.4 Å². The Balaban J connectivity index is 1.44. The van der Waals surface area contributed by atoms with Crippen molar-refractivity contribution in [1.29, 1.82) is 0 Å². The summed E-state index contributed by atoms with van der Waals surface area (Å²) in [5.74, 6) is 0.707. The maximum atomic E-state index is 12.9. The number of hydrogen-bond acceptors (Lipinski definition) is 3. The van der Waals surface area contributed by atoms with Crippen LogP contribution in [-0.4, -0.2) is 38.8 Å². The molecule has 1 fully saturated rings. The Morgan fingerprint density at radius 2 is 1.77 bits per heavy atom. The number of aromatic amines is 1. The molecule has 0 bridgehead atoms. The molecule has 4 heterocycles. The van der Waals surface area contributed by atoms with Gasteiger partial charge in [-0.1, -0.05) is 37.3 Å². The zero-order chi connectivity index (χ0) is 20.5. The van der Waals surface area contributed by atoms with Gasteiger partial charge in [0.2, 0.25) is 0 Å². The molecule has 1 aliphatic heterocycles. The lowest BCUT2D eigenvalue weighted by Crippen LogP contribution is -2.38. The number of nitrogens with zero attached hydrogens (tertiary/aromatic N) is 3. The zero-order valence-electron chi connectivity index (χ0n) is 17.0. The van der Waals surface area contributed by atoms with Crippen LogP contribution in [0.15, 0.2) is 67.0 Å². The molecule has 0 unspecified atom stereocenters. The van der Waals surface area contributed by atoms with E-state index in [0.29, 0.717) is 11.6 Å². The normalized spacial score (nSPS) is 14.9. The quantitative estimate of drug-likeness (QED) is 0.520. The van der Waals surface area contributed by atoms with E-state index in [2.05, 4.69) is 46.1 Å². The summed E-state index contributed by atoms with van der Waals surface area (Å²) in [6, 6.07) is 18.3. The van der Waals surface area contributed by atoms with Gasteiger partial charge in [0, 0.05) is 42.1 Å². The van der Waals surface area contributed by atoms with Gasteiger partial charge in [0.05, 0.1) is 0 Å². The predicted octanol–water partition coefficient (Wildman–Crippen LogP) is 5.16. The van der Waals surface area contributed by atoms with Crippen LogP contribution in [0.5, 0.6) is 0 Å². The second kappa shape index (κ2) is 7.75. The molecule has 1 saturated heterocycles. The Labute approximate surface area is 175 Å². The Kier molecular flexibility index (Phi) is 4.79. The van der Waals surface area contributed by atoms with Gasteiger partial charge in [-0.3, -0.25) is 9.78 Å². The average Bonchev–Trinajstić information content (AvgIpc) is 3.23.